The van der Waals surface area contributed by atoms with Crippen molar-refractivity contribution in [2.24, 2.45) is 0 Å². The van der Waals surface area contributed by atoms with Crippen LogP contribution in [0, 0.1) is 0 Å². The van der Waals surface area contributed by atoms with Crippen molar-refractivity contribution in [1.29, 1.82) is 0 Å². The Morgan fingerprint density at radius 3 is 2.64 bits per heavy atom. The molecule has 0 saturated carbocycles. The van der Waals surface area contributed by atoms with Crippen molar-refractivity contribution in [2.75, 3.05) is 39.4 Å². The van der Waals surface area contributed by atoms with Crippen molar-refractivity contribution in [3.63, 3.8) is 0 Å². The normalized spacial score (nSPS) is 19.0. The van der Waals surface area contributed by atoms with Gasteiger partial charge in [-0.25, -0.2) is 4.98 Å². The van der Waals surface area contributed by atoms with E-state index in [4.69, 9.17) is 14.5 Å². The van der Waals surface area contributed by atoms with E-state index in [2.05, 4.69) is 22.4 Å². The van der Waals surface area contributed by atoms with Crippen LogP contribution in [0.15, 0.2) is 60.0 Å². The number of nitrogens with zero attached hydrogens (tertiary/aromatic N) is 3. The average molecular weight is 464 g/mol. The minimum absolute atomic E-state index is 0.0395. The highest BCUT2D eigenvalue weighted by Gasteiger charge is 2.25. The number of rotatable bonds is 7. The summed E-state index contributed by atoms with van der Waals surface area (Å²) in [6, 6.07) is 17.8. The highest BCUT2D eigenvalue weighted by Crippen LogP contribution is 2.25. The molecule has 2 aliphatic rings. The number of carbonyl (C=O) groups is 1. The molecule has 33 heavy (non-hydrogen) atoms. The van der Waals surface area contributed by atoms with Crippen LogP contribution < -0.4 is 4.74 Å². The molecule has 1 amide bonds. The standard InChI is InChI=1S/C26H29N3O3S/c30-26(23-10-4-5-11-24(23)32-18-22-9-6-16-31-22)29-14-12-28(13-15-29)17-21-19-33-25(27-21)20-7-2-1-3-8-20/h1-5,7-8,10-11,19,22H,6,9,12-18H2/t22-/m1/s1. The molecule has 2 aliphatic heterocycles. The molecule has 0 unspecified atom stereocenters. The number of hydrogen-bond acceptors (Lipinski definition) is 6. The SMILES string of the molecule is O=C(c1ccccc1OC[C@H]1CCCO1)N1CCN(Cc2csc(-c3ccccc3)n2)CC1. The Labute approximate surface area is 198 Å². The van der Waals surface area contributed by atoms with Gasteiger partial charge in [-0.3, -0.25) is 9.69 Å². The summed E-state index contributed by atoms with van der Waals surface area (Å²) >= 11 is 1.68. The van der Waals surface area contributed by atoms with Gasteiger partial charge in [0.15, 0.2) is 0 Å². The number of benzene rings is 2. The fraction of sp³-hybridized carbons (Fsp3) is 0.385. The largest absolute Gasteiger partial charge is 0.490 e. The predicted octanol–water partition coefficient (Wildman–Crippen LogP) is 4.33. The first kappa shape index (κ1) is 22.1. The topological polar surface area (TPSA) is 54.9 Å². The van der Waals surface area contributed by atoms with Crippen molar-refractivity contribution in [3.05, 3.63) is 71.2 Å². The second-order valence-corrected chi connectivity index (χ2v) is 9.38. The summed E-state index contributed by atoms with van der Waals surface area (Å²) in [7, 11) is 0. The highest BCUT2D eigenvalue weighted by atomic mass is 32.1. The van der Waals surface area contributed by atoms with Crippen LogP contribution in [0.5, 0.6) is 5.75 Å². The zero-order valence-electron chi connectivity index (χ0n) is 18.7. The summed E-state index contributed by atoms with van der Waals surface area (Å²) < 4.78 is 11.6. The molecule has 2 aromatic carbocycles. The molecule has 2 saturated heterocycles. The number of amides is 1. The van der Waals surface area contributed by atoms with Crippen LogP contribution in [0.25, 0.3) is 10.6 Å². The summed E-state index contributed by atoms with van der Waals surface area (Å²) in [4.78, 5) is 22.3. The molecule has 1 atom stereocenters. The van der Waals surface area contributed by atoms with E-state index in [1.807, 2.05) is 47.4 Å². The smallest absolute Gasteiger partial charge is 0.257 e. The van der Waals surface area contributed by atoms with Crippen LogP contribution >= 0.6 is 11.3 Å². The van der Waals surface area contributed by atoms with Crippen molar-refractivity contribution in [2.45, 2.75) is 25.5 Å². The third kappa shape index (κ3) is 5.43. The van der Waals surface area contributed by atoms with Crippen LogP contribution in [0.1, 0.15) is 28.9 Å². The van der Waals surface area contributed by atoms with Crippen molar-refractivity contribution < 1.29 is 14.3 Å². The number of carbonyl (C=O) groups excluding carboxylic acids is 1. The molecule has 0 spiro atoms. The van der Waals surface area contributed by atoms with E-state index < -0.39 is 0 Å². The summed E-state index contributed by atoms with van der Waals surface area (Å²) in [5.41, 5.74) is 2.88. The van der Waals surface area contributed by atoms with E-state index >= 15 is 0 Å². The molecule has 2 fully saturated rings. The zero-order chi connectivity index (χ0) is 22.5. The molecule has 0 N–H and O–H groups in total. The second kappa shape index (κ2) is 10.5. The number of piperazine rings is 1. The maximum absolute atomic E-state index is 13.2. The first-order valence-corrected chi connectivity index (χ1v) is 12.5. The number of hydrogen-bond donors (Lipinski definition) is 0. The Bertz CT molecular complexity index is 1060. The number of thiazole rings is 1. The molecule has 7 heteroatoms. The summed E-state index contributed by atoms with van der Waals surface area (Å²) in [6.07, 6.45) is 2.22. The fourth-order valence-corrected chi connectivity index (χ4v) is 5.15. The van der Waals surface area contributed by atoms with Gasteiger partial charge in [-0.2, -0.15) is 0 Å². The van der Waals surface area contributed by atoms with E-state index in [0.717, 1.165) is 55.3 Å². The van der Waals surface area contributed by atoms with Gasteiger partial charge in [-0.05, 0) is 25.0 Å². The molecule has 3 heterocycles. The van der Waals surface area contributed by atoms with Crippen LogP contribution in [0.2, 0.25) is 0 Å². The summed E-state index contributed by atoms with van der Waals surface area (Å²) in [5, 5.41) is 3.20. The van der Waals surface area contributed by atoms with E-state index in [1.54, 1.807) is 11.3 Å². The predicted molar refractivity (Wildman–Crippen MR) is 130 cm³/mol. The molecular weight excluding hydrogens is 434 g/mol. The molecule has 6 nitrogen and oxygen atoms in total. The molecule has 3 aromatic rings. The molecule has 0 radical (unpaired) electrons. The Morgan fingerprint density at radius 1 is 1.06 bits per heavy atom. The lowest BCUT2D eigenvalue weighted by atomic mass is 10.1. The first-order chi connectivity index (χ1) is 16.3. The van der Waals surface area contributed by atoms with Crippen LogP contribution in [-0.4, -0.2) is 66.2 Å². The lowest BCUT2D eigenvalue weighted by molar-refractivity contribution is 0.0592. The van der Waals surface area contributed by atoms with Gasteiger partial charge in [0.2, 0.25) is 0 Å². The van der Waals surface area contributed by atoms with Gasteiger partial charge >= 0.3 is 0 Å². The number of aromatic nitrogens is 1. The van der Waals surface area contributed by atoms with Gasteiger partial charge in [0.25, 0.3) is 5.91 Å². The number of para-hydroxylation sites is 1. The summed E-state index contributed by atoms with van der Waals surface area (Å²) in [6.45, 7) is 5.19. The van der Waals surface area contributed by atoms with Gasteiger partial charge in [0, 0.05) is 50.3 Å². The molecule has 0 bridgehead atoms. The van der Waals surface area contributed by atoms with Gasteiger partial charge in [-0.15, -0.1) is 11.3 Å². The molecule has 5 rings (SSSR count). The van der Waals surface area contributed by atoms with E-state index in [1.165, 1.54) is 0 Å². The molecular formula is C26H29N3O3S. The van der Waals surface area contributed by atoms with Gasteiger partial charge in [-0.1, -0.05) is 42.5 Å². The van der Waals surface area contributed by atoms with E-state index in [0.29, 0.717) is 31.0 Å². The van der Waals surface area contributed by atoms with Crippen LogP contribution in [0.3, 0.4) is 0 Å². The Balaban J connectivity index is 1.15. The zero-order valence-corrected chi connectivity index (χ0v) is 19.5. The van der Waals surface area contributed by atoms with Crippen LogP contribution in [0.4, 0.5) is 0 Å². The third-order valence-electron chi connectivity index (χ3n) is 6.18. The third-order valence-corrected chi connectivity index (χ3v) is 7.12. The van der Waals surface area contributed by atoms with Gasteiger partial charge in [0.1, 0.15) is 17.4 Å². The van der Waals surface area contributed by atoms with Crippen molar-refractivity contribution in [3.8, 4) is 16.3 Å². The minimum Gasteiger partial charge on any atom is -0.490 e. The fourth-order valence-electron chi connectivity index (χ4n) is 4.33. The molecule has 0 aliphatic carbocycles. The maximum Gasteiger partial charge on any atom is 0.257 e. The molecule has 1 aromatic heterocycles. The Kier molecular flexibility index (Phi) is 7.00. The van der Waals surface area contributed by atoms with Gasteiger partial charge in [0.05, 0.1) is 17.4 Å². The van der Waals surface area contributed by atoms with E-state index in [9.17, 15) is 4.79 Å². The monoisotopic (exact) mass is 463 g/mol. The van der Waals surface area contributed by atoms with Crippen molar-refractivity contribution in [1.82, 2.24) is 14.8 Å². The quantitative estimate of drug-likeness (QED) is 0.522. The van der Waals surface area contributed by atoms with E-state index in [-0.39, 0.29) is 12.0 Å². The van der Waals surface area contributed by atoms with Crippen molar-refractivity contribution >= 4 is 17.2 Å². The Hall–Kier alpha value is -2.74. The second-order valence-electron chi connectivity index (χ2n) is 8.52. The molecule has 172 valence electrons. The number of ether oxygens (including phenoxy) is 2. The lowest BCUT2D eigenvalue weighted by Crippen LogP contribution is -2.48. The highest BCUT2D eigenvalue weighted by molar-refractivity contribution is 7.13. The van der Waals surface area contributed by atoms with Crippen LogP contribution in [-0.2, 0) is 11.3 Å². The average Bonchev–Trinajstić information content (AvgIpc) is 3.56. The lowest BCUT2D eigenvalue weighted by Gasteiger charge is -2.34. The first-order valence-electron chi connectivity index (χ1n) is 11.6. The maximum atomic E-state index is 13.2. The summed E-state index contributed by atoms with van der Waals surface area (Å²) in [5.74, 6) is 0.689. The minimum atomic E-state index is 0.0395. The Morgan fingerprint density at radius 2 is 1.85 bits per heavy atom. The van der Waals surface area contributed by atoms with Gasteiger partial charge < -0.3 is 14.4 Å².